The van der Waals surface area contributed by atoms with Crippen LogP contribution in [-0.2, 0) is 11.2 Å². The molecule has 0 spiro atoms. The number of carbonyl (C=O) groups is 2. The van der Waals surface area contributed by atoms with Crippen LogP contribution >= 0.6 is 0 Å². The predicted molar refractivity (Wildman–Crippen MR) is 114 cm³/mol. The summed E-state index contributed by atoms with van der Waals surface area (Å²) >= 11 is 0. The Balaban J connectivity index is 1.70. The number of aromatic carboxylic acids is 1. The fourth-order valence-electron chi connectivity index (χ4n) is 4.31. The molecule has 2 N–H and O–H groups in total. The highest BCUT2D eigenvalue weighted by atomic mass is 19.1. The van der Waals surface area contributed by atoms with Crippen LogP contribution < -0.4 is 15.6 Å². The summed E-state index contributed by atoms with van der Waals surface area (Å²) in [5.74, 6) is -2.30. The van der Waals surface area contributed by atoms with Crippen LogP contribution in [0, 0.1) is 5.82 Å². The number of nitrogens with zero attached hydrogens (tertiary/aromatic N) is 2. The number of aromatic nitrogens is 1. The topological polar surface area (TPSA) is 91.6 Å². The standard InChI is InChI=1S/C23H20FN3O4/c1-26-17(9-12-5-3-2-4-6-12)22(29)25-16-10-14-19(18(24)20(16)26)27(13-7-8-13)11-15(21(14)28)23(30)31/h2-6,10-11,13,17H,7-9H2,1H3,(H,25,29)(H,30,31). The predicted octanol–water partition coefficient (Wildman–Crippen LogP) is 3.17. The van der Waals surface area contributed by atoms with Gasteiger partial charge in [0.2, 0.25) is 11.3 Å². The van der Waals surface area contributed by atoms with Crippen LogP contribution in [0.3, 0.4) is 0 Å². The maximum absolute atomic E-state index is 15.9. The molecule has 1 aliphatic heterocycles. The van der Waals surface area contributed by atoms with Crippen LogP contribution in [0.4, 0.5) is 15.8 Å². The summed E-state index contributed by atoms with van der Waals surface area (Å²) in [5, 5.41) is 12.1. The molecule has 1 unspecified atom stereocenters. The maximum Gasteiger partial charge on any atom is 0.341 e. The molecule has 0 radical (unpaired) electrons. The van der Waals surface area contributed by atoms with Crippen molar-refractivity contribution in [3.05, 3.63) is 69.8 Å². The molecule has 31 heavy (non-hydrogen) atoms. The number of likely N-dealkylation sites (N-methyl/N-ethyl adjacent to an activating group) is 1. The highest BCUT2D eigenvalue weighted by Gasteiger charge is 2.36. The largest absolute Gasteiger partial charge is 0.477 e. The number of nitrogens with one attached hydrogen (secondary N) is 1. The van der Waals surface area contributed by atoms with Crippen molar-refractivity contribution in [1.82, 2.24) is 4.57 Å². The number of carbonyl (C=O) groups excluding carboxylic acids is 1. The van der Waals surface area contributed by atoms with Crippen LogP contribution in [0.25, 0.3) is 10.9 Å². The van der Waals surface area contributed by atoms with Gasteiger partial charge in [0.25, 0.3) is 0 Å². The Morgan fingerprint density at radius 3 is 2.58 bits per heavy atom. The number of benzene rings is 2. The van der Waals surface area contributed by atoms with E-state index in [1.807, 2.05) is 30.3 Å². The van der Waals surface area contributed by atoms with Crippen LogP contribution in [-0.4, -0.2) is 34.6 Å². The Kier molecular flexibility index (Phi) is 4.32. The second-order valence-corrected chi connectivity index (χ2v) is 8.10. The van der Waals surface area contributed by atoms with Gasteiger partial charge in [0.1, 0.15) is 11.6 Å². The number of rotatable bonds is 4. The lowest BCUT2D eigenvalue weighted by Gasteiger charge is -2.36. The molecule has 2 heterocycles. The van der Waals surface area contributed by atoms with Crippen LogP contribution in [0.5, 0.6) is 0 Å². The number of pyridine rings is 1. The van der Waals surface area contributed by atoms with E-state index in [1.54, 1.807) is 16.5 Å². The first-order valence-electron chi connectivity index (χ1n) is 10.1. The van der Waals surface area contributed by atoms with Crippen molar-refractivity contribution < 1.29 is 19.1 Å². The molecule has 1 atom stereocenters. The molecule has 7 nitrogen and oxygen atoms in total. The Morgan fingerprint density at radius 1 is 1.23 bits per heavy atom. The number of carboxylic acids is 1. The number of fused-ring (bicyclic) bond motifs is 2. The number of halogens is 1. The Morgan fingerprint density at radius 2 is 1.94 bits per heavy atom. The van der Waals surface area contributed by atoms with Crippen molar-refractivity contribution in [2.75, 3.05) is 17.3 Å². The van der Waals surface area contributed by atoms with Crippen molar-refractivity contribution in [3.63, 3.8) is 0 Å². The van der Waals surface area contributed by atoms with Gasteiger partial charge in [-0.05, 0) is 24.5 Å². The van der Waals surface area contributed by atoms with Crippen LogP contribution in [0.2, 0.25) is 0 Å². The summed E-state index contributed by atoms with van der Waals surface area (Å²) in [6, 6.07) is 10.2. The molecule has 1 aromatic heterocycles. The molecule has 0 bridgehead atoms. The zero-order valence-electron chi connectivity index (χ0n) is 16.8. The number of hydrogen-bond donors (Lipinski definition) is 2. The minimum atomic E-state index is -1.36. The van der Waals surface area contributed by atoms with Gasteiger partial charge in [0.05, 0.1) is 22.3 Å². The van der Waals surface area contributed by atoms with Gasteiger partial charge in [-0.1, -0.05) is 30.3 Å². The fraction of sp³-hybridized carbons (Fsp3) is 0.261. The third-order valence-corrected chi connectivity index (χ3v) is 6.05. The molecular formula is C23H20FN3O4. The molecule has 1 fully saturated rings. The molecule has 1 aliphatic carbocycles. The minimum absolute atomic E-state index is 0.0433. The summed E-state index contributed by atoms with van der Waals surface area (Å²) in [4.78, 5) is 38.8. The summed E-state index contributed by atoms with van der Waals surface area (Å²) < 4.78 is 17.5. The van der Waals surface area contributed by atoms with E-state index in [4.69, 9.17) is 0 Å². The van der Waals surface area contributed by atoms with Gasteiger partial charge < -0.3 is 19.9 Å². The molecule has 2 aromatic carbocycles. The summed E-state index contributed by atoms with van der Waals surface area (Å²) in [6.07, 6.45) is 3.21. The molecule has 2 aliphatic rings. The monoisotopic (exact) mass is 421 g/mol. The first-order valence-corrected chi connectivity index (χ1v) is 10.1. The SMILES string of the molecule is CN1c2c(cc3c(=O)c(C(=O)O)cn(C4CC4)c3c2F)NC(=O)C1Cc1ccccc1. The van der Waals surface area contributed by atoms with Crippen LogP contribution in [0.15, 0.2) is 47.4 Å². The van der Waals surface area contributed by atoms with E-state index in [2.05, 4.69) is 5.32 Å². The van der Waals surface area contributed by atoms with E-state index in [9.17, 15) is 19.5 Å². The first-order chi connectivity index (χ1) is 14.9. The molecule has 3 aromatic rings. The summed E-state index contributed by atoms with van der Waals surface area (Å²) in [5.41, 5.74) is 0.229. The van der Waals surface area contributed by atoms with Crippen molar-refractivity contribution in [2.24, 2.45) is 0 Å². The van der Waals surface area contributed by atoms with Gasteiger partial charge in [-0.25, -0.2) is 9.18 Å². The van der Waals surface area contributed by atoms with Crippen molar-refractivity contribution in [2.45, 2.75) is 31.3 Å². The number of anilines is 2. The van der Waals surface area contributed by atoms with Crippen molar-refractivity contribution >= 4 is 34.2 Å². The molecule has 158 valence electrons. The van der Waals surface area contributed by atoms with E-state index in [0.717, 1.165) is 18.4 Å². The minimum Gasteiger partial charge on any atom is -0.477 e. The first kappa shape index (κ1) is 19.3. The number of carboxylic acid groups (broad SMARTS) is 1. The summed E-state index contributed by atoms with van der Waals surface area (Å²) in [6.45, 7) is 0. The molecule has 1 amide bonds. The van der Waals surface area contributed by atoms with Gasteiger partial charge in [-0.2, -0.15) is 0 Å². The van der Waals surface area contributed by atoms with E-state index in [0.29, 0.717) is 6.42 Å². The lowest BCUT2D eigenvalue weighted by Crippen LogP contribution is -2.47. The van der Waals surface area contributed by atoms with E-state index >= 15 is 4.39 Å². The van der Waals surface area contributed by atoms with Gasteiger partial charge in [-0.3, -0.25) is 9.59 Å². The number of hydrogen-bond acceptors (Lipinski definition) is 4. The zero-order chi connectivity index (χ0) is 21.9. The Bertz CT molecular complexity index is 1300. The molecule has 5 rings (SSSR count). The van der Waals surface area contributed by atoms with Gasteiger partial charge >= 0.3 is 5.97 Å². The van der Waals surface area contributed by atoms with E-state index in [-0.39, 0.29) is 34.2 Å². The average Bonchev–Trinajstić information content (AvgIpc) is 3.57. The molecule has 0 saturated heterocycles. The van der Waals surface area contributed by atoms with Gasteiger partial charge in [-0.15, -0.1) is 0 Å². The molecule has 8 heteroatoms. The highest BCUT2D eigenvalue weighted by molar-refractivity contribution is 6.07. The third-order valence-electron chi connectivity index (χ3n) is 6.05. The Labute approximate surface area is 176 Å². The average molecular weight is 421 g/mol. The summed E-state index contributed by atoms with van der Waals surface area (Å²) in [7, 11) is 1.66. The fourth-order valence-corrected chi connectivity index (χ4v) is 4.31. The Hall–Kier alpha value is -3.68. The maximum atomic E-state index is 15.9. The zero-order valence-corrected chi connectivity index (χ0v) is 16.8. The smallest absolute Gasteiger partial charge is 0.341 e. The second-order valence-electron chi connectivity index (χ2n) is 8.10. The lowest BCUT2D eigenvalue weighted by molar-refractivity contribution is -0.117. The highest BCUT2D eigenvalue weighted by Crippen LogP contribution is 2.42. The van der Waals surface area contributed by atoms with Gasteiger partial charge in [0, 0.05) is 25.7 Å². The molecular weight excluding hydrogens is 401 g/mol. The van der Waals surface area contributed by atoms with E-state index in [1.165, 1.54) is 12.3 Å². The lowest BCUT2D eigenvalue weighted by atomic mass is 9.99. The van der Waals surface area contributed by atoms with Gasteiger partial charge in [0.15, 0.2) is 5.82 Å². The quantitative estimate of drug-likeness (QED) is 0.675. The molecule has 1 saturated carbocycles. The number of amides is 1. The third kappa shape index (κ3) is 3.06. The van der Waals surface area contributed by atoms with Crippen molar-refractivity contribution in [1.29, 1.82) is 0 Å². The second kappa shape index (κ2) is 6.94. The van der Waals surface area contributed by atoms with E-state index < -0.39 is 28.8 Å². The van der Waals surface area contributed by atoms with Crippen molar-refractivity contribution in [3.8, 4) is 0 Å². The normalized spacial score (nSPS) is 18.1. The van der Waals surface area contributed by atoms with Crippen LogP contribution in [0.1, 0.15) is 34.8 Å².